The van der Waals surface area contributed by atoms with Crippen LogP contribution in [0.25, 0.3) is 5.69 Å². The van der Waals surface area contributed by atoms with Gasteiger partial charge in [0.05, 0.1) is 17.1 Å². The van der Waals surface area contributed by atoms with E-state index in [-0.39, 0.29) is 12.5 Å². The van der Waals surface area contributed by atoms with Crippen LogP contribution in [0, 0.1) is 13.8 Å². The highest BCUT2D eigenvalue weighted by atomic mass is 16.5. The van der Waals surface area contributed by atoms with E-state index in [1.54, 1.807) is 0 Å². The van der Waals surface area contributed by atoms with Gasteiger partial charge in [0.15, 0.2) is 6.61 Å². The molecule has 0 aliphatic heterocycles. The van der Waals surface area contributed by atoms with Gasteiger partial charge in [-0.05, 0) is 44.2 Å². The van der Waals surface area contributed by atoms with Crippen molar-refractivity contribution in [2.75, 3.05) is 11.9 Å². The van der Waals surface area contributed by atoms with Gasteiger partial charge in [-0.1, -0.05) is 30.3 Å². The second-order valence-corrected chi connectivity index (χ2v) is 5.51. The first-order valence-electron chi connectivity index (χ1n) is 7.74. The van der Waals surface area contributed by atoms with Gasteiger partial charge < -0.3 is 10.1 Å². The monoisotopic (exact) mass is 321 g/mol. The molecule has 0 saturated heterocycles. The zero-order chi connectivity index (χ0) is 16.9. The van der Waals surface area contributed by atoms with Crippen LogP contribution in [0.1, 0.15) is 11.4 Å². The van der Waals surface area contributed by atoms with Crippen molar-refractivity contribution in [2.45, 2.75) is 13.8 Å². The maximum absolute atomic E-state index is 12.2. The number of aryl methyl sites for hydroxylation is 2. The highest BCUT2D eigenvalue weighted by Gasteiger charge is 2.11. The number of para-hydroxylation sites is 3. The number of nitrogens with one attached hydrogen (secondary N) is 1. The molecule has 0 spiro atoms. The Balaban J connectivity index is 1.73. The van der Waals surface area contributed by atoms with Gasteiger partial charge in [-0.3, -0.25) is 4.79 Å². The predicted molar refractivity (Wildman–Crippen MR) is 93.6 cm³/mol. The molecule has 5 nitrogen and oxygen atoms in total. The first kappa shape index (κ1) is 15.8. The number of aromatic nitrogens is 2. The van der Waals surface area contributed by atoms with E-state index >= 15 is 0 Å². The number of carbonyl (C=O) groups excluding carboxylic acids is 1. The van der Waals surface area contributed by atoms with Gasteiger partial charge in [-0.15, -0.1) is 0 Å². The van der Waals surface area contributed by atoms with Crippen LogP contribution in [0.15, 0.2) is 60.7 Å². The molecule has 0 fully saturated rings. The molecule has 1 heterocycles. The number of amides is 1. The average Bonchev–Trinajstić information content (AvgIpc) is 2.93. The molecule has 0 radical (unpaired) electrons. The van der Waals surface area contributed by atoms with Crippen molar-refractivity contribution in [3.05, 3.63) is 72.1 Å². The number of benzene rings is 2. The summed E-state index contributed by atoms with van der Waals surface area (Å²) in [7, 11) is 0. The molecule has 1 N–H and O–H groups in total. The summed E-state index contributed by atoms with van der Waals surface area (Å²) in [6, 6.07) is 18.8. The summed E-state index contributed by atoms with van der Waals surface area (Å²) in [5.74, 6) is 0.451. The molecule has 0 saturated carbocycles. The second-order valence-electron chi connectivity index (χ2n) is 5.51. The largest absolute Gasteiger partial charge is 0.484 e. The summed E-state index contributed by atoms with van der Waals surface area (Å²) >= 11 is 0. The quantitative estimate of drug-likeness (QED) is 0.782. The van der Waals surface area contributed by atoms with Crippen LogP contribution >= 0.6 is 0 Å². The normalized spacial score (nSPS) is 10.4. The minimum Gasteiger partial charge on any atom is -0.484 e. The minimum absolute atomic E-state index is 0.0462. The lowest BCUT2D eigenvalue weighted by atomic mass is 10.2. The second kappa shape index (κ2) is 7.00. The Bertz CT molecular complexity index is 841. The van der Waals surface area contributed by atoms with E-state index in [0.717, 1.165) is 17.1 Å². The molecule has 24 heavy (non-hydrogen) atoms. The van der Waals surface area contributed by atoms with Gasteiger partial charge >= 0.3 is 0 Å². The Labute approximate surface area is 140 Å². The molecule has 0 unspecified atom stereocenters. The molecule has 3 aromatic rings. The molecule has 5 heteroatoms. The molecule has 1 amide bonds. The molecule has 0 aliphatic carbocycles. The Morgan fingerprint density at radius 1 is 1.08 bits per heavy atom. The van der Waals surface area contributed by atoms with E-state index in [9.17, 15) is 4.79 Å². The minimum atomic E-state index is -0.215. The first-order valence-corrected chi connectivity index (χ1v) is 7.74. The highest BCUT2D eigenvalue weighted by Crippen LogP contribution is 2.21. The van der Waals surface area contributed by atoms with E-state index in [4.69, 9.17) is 4.74 Å². The molecule has 0 atom stereocenters. The summed E-state index contributed by atoms with van der Waals surface area (Å²) < 4.78 is 7.30. The lowest BCUT2D eigenvalue weighted by molar-refractivity contribution is -0.118. The summed E-state index contributed by atoms with van der Waals surface area (Å²) in [6.45, 7) is 3.88. The predicted octanol–water partition coefficient (Wildman–Crippen LogP) is 3.51. The zero-order valence-corrected chi connectivity index (χ0v) is 13.7. The van der Waals surface area contributed by atoms with Crippen molar-refractivity contribution in [1.29, 1.82) is 0 Å². The van der Waals surface area contributed by atoms with E-state index in [1.165, 1.54) is 0 Å². The SMILES string of the molecule is Cc1cc(C)n(-c2ccccc2NC(=O)COc2ccccc2)n1. The highest BCUT2D eigenvalue weighted by molar-refractivity contribution is 5.93. The molecular formula is C19H19N3O2. The third kappa shape index (κ3) is 3.63. The smallest absolute Gasteiger partial charge is 0.262 e. The average molecular weight is 321 g/mol. The fraction of sp³-hybridized carbons (Fsp3) is 0.158. The van der Waals surface area contributed by atoms with Crippen molar-refractivity contribution in [1.82, 2.24) is 9.78 Å². The summed E-state index contributed by atoms with van der Waals surface area (Å²) in [5, 5.41) is 7.37. The van der Waals surface area contributed by atoms with Gasteiger partial charge in [-0.2, -0.15) is 5.10 Å². The molecule has 1 aromatic heterocycles. The Kier molecular flexibility index (Phi) is 4.61. The number of anilines is 1. The molecule has 0 bridgehead atoms. The van der Waals surface area contributed by atoms with Crippen molar-refractivity contribution >= 4 is 11.6 Å². The van der Waals surface area contributed by atoms with Crippen LogP contribution in [0.2, 0.25) is 0 Å². The van der Waals surface area contributed by atoms with Crippen LogP contribution in [0.5, 0.6) is 5.75 Å². The number of nitrogens with zero attached hydrogens (tertiary/aromatic N) is 2. The van der Waals surface area contributed by atoms with E-state index in [0.29, 0.717) is 11.4 Å². The summed E-state index contributed by atoms with van der Waals surface area (Å²) in [4.78, 5) is 12.2. The van der Waals surface area contributed by atoms with Gasteiger partial charge in [0, 0.05) is 5.69 Å². The zero-order valence-electron chi connectivity index (χ0n) is 13.7. The third-order valence-corrected chi connectivity index (χ3v) is 3.53. The van der Waals surface area contributed by atoms with Crippen molar-refractivity contribution in [3.8, 4) is 11.4 Å². The standard InChI is InChI=1S/C19H19N3O2/c1-14-12-15(2)22(21-14)18-11-7-6-10-17(18)20-19(23)13-24-16-8-4-3-5-9-16/h3-12H,13H2,1-2H3,(H,20,23). The summed E-state index contributed by atoms with van der Waals surface area (Å²) in [6.07, 6.45) is 0. The van der Waals surface area contributed by atoms with Crippen LogP contribution in [0.3, 0.4) is 0 Å². The van der Waals surface area contributed by atoms with E-state index < -0.39 is 0 Å². The number of ether oxygens (including phenoxy) is 1. The van der Waals surface area contributed by atoms with Crippen LogP contribution in [-0.4, -0.2) is 22.3 Å². The molecular weight excluding hydrogens is 302 g/mol. The summed E-state index contributed by atoms with van der Waals surface area (Å²) in [5.41, 5.74) is 3.47. The van der Waals surface area contributed by atoms with Gasteiger partial charge in [0.25, 0.3) is 5.91 Å². The molecule has 122 valence electrons. The molecule has 2 aromatic carbocycles. The van der Waals surface area contributed by atoms with Crippen molar-refractivity contribution in [2.24, 2.45) is 0 Å². The topological polar surface area (TPSA) is 56.2 Å². The van der Waals surface area contributed by atoms with E-state index in [2.05, 4.69) is 10.4 Å². The van der Waals surface area contributed by atoms with E-state index in [1.807, 2.05) is 79.2 Å². The maximum Gasteiger partial charge on any atom is 0.262 e. The van der Waals surface area contributed by atoms with Gasteiger partial charge in [0.2, 0.25) is 0 Å². The lowest BCUT2D eigenvalue weighted by Crippen LogP contribution is -2.21. The van der Waals surface area contributed by atoms with Crippen LogP contribution in [0.4, 0.5) is 5.69 Å². The fourth-order valence-corrected chi connectivity index (χ4v) is 2.49. The van der Waals surface area contributed by atoms with Gasteiger partial charge in [-0.25, -0.2) is 4.68 Å². The third-order valence-electron chi connectivity index (χ3n) is 3.53. The number of carbonyl (C=O) groups is 1. The molecule has 0 aliphatic rings. The van der Waals surface area contributed by atoms with Crippen molar-refractivity contribution < 1.29 is 9.53 Å². The Morgan fingerprint density at radius 2 is 1.79 bits per heavy atom. The first-order chi connectivity index (χ1) is 11.6. The number of rotatable bonds is 5. The fourth-order valence-electron chi connectivity index (χ4n) is 2.49. The Hall–Kier alpha value is -3.08. The number of hydrogen-bond donors (Lipinski definition) is 1. The maximum atomic E-state index is 12.2. The van der Waals surface area contributed by atoms with Gasteiger partial charge in [0.1, 0.15) is 5.75 Å². The van der Waals surface area contributed by atoms with Crippen molar-refractivity contribution in [3.63, 3.8) is 0 Å². The molecule has 3 rings (SSSR count). The van der Waals surface area contributed by atoms with Crippen LogP contribution < -0.4 is 10.1 Å². The lowest BCUT2D eigenvalue weighted by Gasteiger charge is -2.13. The Morgan fingerprint density at radius 3 is 2.50 bits per heavy atom. The number of hydrogen-bond acceptors (Lipinski definition) is 3. The van der Waals surface area contributed by atoms with Crippen LogP contribution in [-0.2, 0) is 4.79 Å².